The molecule has 2 N–H and O–H groups in total. The van der Waals surface area contributed by atoms with E-state index in [1.165, 1.54) is 18.2 Å². The van der Waals surface area contributed by atoms with Gasteiger partial charge in [0.05, 0.1) is 17.2 Å². The van der Waals surface area contributed by atoms with Crippen LogP contribution in [-0.2, 0) is 9.47 Å². The van der Waals surface area contributed by atoms with Crippen LogP contribution in [0.15, 0.2) is 35.4 Å². The average molecular weight is 344 g/mol. The molecule has 1 aromatic rings. The lowest BCUT2D eigenvalue weighted by molar-refractivity contribution is 0.00829. The van der Waals surface area contributed by atoms with Gasteiger partial charge in [-0.2, -0.15) is 0 Å². The van der Waals surface area contributed by atoms with Gasteiger partial charge in [-0.15, -0.1) is 0 Å². The smallest absolute Gasteiger partial charge is 0.196 e. The maximum Gasteiger partial charge on any atom is 0.196 e. The molecular weight excluding hydrogens is 324 g/mol. The zero-order chi connectivity index (χ0) is 18.3. The van der Waals surface area contributed by atoms with Gasteiger partial charge in [0.15, 0.2) is 17.9 Å². The number of benzene rings is 1. The number of phenols is 2. The van der Waals surface area contributed by atoms with Crippen molar-refractivity contribution in [2.45, 2.75) is 45.7 Å². The van der Waals surface area contributed by atoms with Gasteiger partial charge in [-0.05, 0) is 45.4 Å². The van der Waals surface area contributed by atoms with Crippen molar-refractivity contribution in [3.8, 4) is 11.5 Å². The molecule has 0 radical (unpaired) electrons. The molecule has 132 valence electrons. The Morgan fingerprint density at radius 3 is 2.40 bits per heavy atom. The minimum atomic E-state index is -0.670. The molecule has 1 aliphatic heterocycles. The maximum absolute atomic E-state index is 12.9. The predicted octanol–water partition coefficient (Wildman–Crippen LogP) is 2.89. The third kappa shape index (κ3) is 3.36. The first-order valence-electron chi connectivity index (χ1n) is 8.09. The van der Waals surface area contributed by atoms with Crippen molar-refractivity contribution >= 4 is 11.6 Å². The second-order valence-corrected chi connectivity index (χ2v) is 6.50. The Hall–Kier alpha value is -2.44. The summed E-state index contributed by atoms with van der Waals surface area (Å²) >= 11 is 0. The molecule has 6 nitrogen and oxygen atoms in total. The van der Waals surface area contributed by atoms with E-state index in [0.717, 1.165) is 5.57 Å². The van der Waals surface area contributed by atoms with Gasteiger partial charge in [-0.3, -0.25) is 9.59 Å². The van der Waals surface area contributed by atoms with E-state index in [2.05, 4.69) is 0 Å². The van der Waals surface area contributed by atoms with E-state index in [0.29, 0.717) is 6.42 Å². The fourth-order valence-corrected chi connectivity index (χ4v) is 2.79. The van der Waals surface area contributed by atoms with Gasteiger partial charge in [-0.25, -0.2) is 0 Å². The van der Waals surface area contributed by atoms with E-state index in [-0.39, 0.29) is 34.3 Å². The lowest BCUT2D eigenvalue weighted by Crippen LogP contribution is -2.28. The number of allylic oxidation sites excluding steroid dienone is 2. The summed E-state index contributed by atoms with van der Waals surface area (Å²) in [6.07, 6.45) is 2.34. The van der Waals surface area contributed by atoms with Gasteiger partial charge in [-0.1, -0.05) is 11.6 Å². The van der Waals surface area contributed by atoms with Crippen molar-refractivity contribution in [2.24, 2.45) is 0 Å². The van der Waals surface area contributed by atoms with E-state index in [1.807, 2.05) is 26.8 Å². The molecule has 3 atom stereocenters. The summed E-state index contributed by atoms with van der Waals surface area (Å²) in [7, 11) is 0. The molecule has 0 spiro atoms. The molecule has 0 saturated carbocycles. The molecule has 1 heterocycles. The zero-order valence-electron chi connectivity index (χ0n) is 14.3. The van der Waals surface area contributed by atoms with Crippen molar-refractivity contribution < 1.29 is 29.3 Å². The monoisotopic (exact) mass is 344 g/mol. The maximum atomic E-state index is 12.9. The summed E-state index contributed by atoms with van der Waals surface area (Å²) in [5.41, 5.74) is 0.844. The third-order valence-electron chi connectivity index (χ3n) is 4.22. The predicted molar refractivity (Wildman–Crippen MR) is 89.8 cm³/mol. The first-order valence-corrected chi connectivity index (χ1v) is 8.09. The number of phenolic OH excluding ortho intramolecular Hbond substituents is 2. The summed E-state index contributed by atoms with van der Waals surface area (Å²) in [6.45, 7) is 5.70. The number of epoxide rings is 1. The lowest BCUT2D eigenvalue weighted by Gasteiger charge is -2.23. The normalized spacial score (nSPS) is 22.9. The van der Waals surface area contributed by atoms with Gasteiger partial charge >= 0.3 is 0 Å². The Morgan fingerprint density at radius 1 is 1.24 bits per heavy atom. The van der Waals surface area contributed by atoms with Gasteiger partial charge in [0.25, 0.3) is 0 Å². The molecule has 2 aliphatic rings. The van der Waals surface area contributed by atoms with Crippen LogP contribution >= 0.6 is 0 Å². The summed E-state index contributed by atoms with van der Waals surface area (Å²) in [6, 6.07) is 2.38. The Balaban J connectivity index is 1.99. The van der Waals surface area contributed by atoms with Crippen molar-refractivity contribution in [1.29, 1.82) is 0 Å². The Labute approximate surface area is 145 Å². The van der Waals surface area contributed by atoms with Crippen LogP contribution in [0, 0.1) is 0 Å². The van der Waals surface area contributed by atoms with Crippen molar-refractivity contribution in [3.05, 3.63) is 46.6 Å². The fraction of sp³-hybridized carbons (Fsp3) is 0.368. The first-order chi connectivity index (χ1) is 11.8. The Kier molecular flexibility index (Phi) is 4.49. The Morgan fingerprint density at radius 2 is 1.84 bits per heavy atom. The van der Waals surface area contributed by atoms with Crippen molar-refractivity contribution in [2.75, 3.05) is 0 Å². The van der Waals surface area contributed by atoms with Gasteiger partial charge in [0, 0.05) is 5.57 Å². The third-order valence-corrected chi connectivity index (χ3v) is 4.22. The molecule has 1 aromatic carbocycles. The number of ketones is 2. The minimum absolute atomic E-state index is 0.0612. The number of fused-ring (bicyclic) bond motifs is 1. The number of rotatable bonds is 5. The molecule has 0 bridgehead atoms. The molecule has 0 aromatic heterocycles. The van der Waals surface area contributed by atoms with Crippen LogP contribution in [0.1, 0.15) is 47.9 Å². The number of hydrogen-bond acceptors (Lipinski definition) is 6. The van der Waals surface area contributed by atoms with Crippen LogP contribution < -0.4 is 0 Å². The van der Waals surface area contributed by atoms with Crippen LogP contribution in [0.25, 0.3) is 0 Å². The van der Waals surface area contributed by atoms with E-state index in [1.54, 1.807) is 0 Å². The summed E-state index contributed by atoms with van der Waals surface area (Å²) in [4.78, 5) is 25.3. The molecule has 3 rings (SSSR count). The quantitative estimate of drug-likeness (QED) is 0.484. The second-order valence-electron chi connectivity index (χ2n) is 6.50. The topological polar surface area (TPSA) is 96.4 Å². The van der Waals surface area contributed by atoms with Crippen LogP contribution in [0.2, 0.25) is 0 Å². The van der Waals surface area contributed by atoms with E-state index < -0.39 is 24.0 Å². The summed E-state index contributed by atoms with van der Waals surface area (Å²) in [5.74, 6) is -1.73. The largest absolute Gasteiger partial charge is 0.507 e. The first kappa shape index (κ1) is 17.4. The van der Waals surface area contributed by atoms with Crippen molar-refractivity contribution in [1.82, 2.24) is 0 Å². The van der Waals surface area contributed by atoms with E-state index in [4.69, 9.17) is 9.47 Å². The zero-order valence-corrected chi connectivity index (χ0v) is 14.3. The van der Waals surface area contributed by atoms with E-state index >= 15 is 0 Å². The van der Waals surface area contributed by atoms with Crippen LogP contribution in [0.5, 0.6) is 11.5 Å². The summed E-state index contributed by atoms with van der Waals surface area (Å²) < 4.78 is 11.1. The van der Waals surface area contributed by atoms with E-state index in [9.17, 15) is 19.8 Å². The highest BCUT2D eigenvalue weighted by atomic mass is 16.8. The number of carbonyl (C=O) groups is 2. The molecule has 6 heteroatoms. The molecule has 0 amide bonds. The Bertz CT molecular complexity index is 800. The number of Topliss-reactive ketones (excluding diaryl/α,β-unsaturated/α-hetero) is 1. The summed E-state index contributed by atoms with van der Waals surface area (Å²) in [5, 5.41) is 19.9. The van der Waals surface area contributed by atoms with Gasteiger partial charge < -0.3 is 19.7 Å². The number of carbonyl (C=O) groups excluding carboxylic acids is 2. The van der Waals surface area contributed by atoms with Gasteiger partial charge in [0.2, 0.25) is 0 Å². The molecule has 25 heavy (non-hydrogen) atoms. The highest BCUT2D eigenvalue weighted by Gasteiger charge is 2.41. The standard InChI is InChI=1S/C19H20O6/c1-9(2)4-7-15(25-19-10(3)24-19)11-8-14(22)16-12(20)5-6-13(21)17(16)18(11)23/h4-6,8,10,15,19-21H,7H2,1-3H3. The molecular formula is C19H20O6. The molecule has 1 fully saturated rings. The highest BCUT2D eigenvalue weighted by Crippen LogP contribution is 2.37. The number of ether oxygens (including phenoxy) is 2. The van der Waals surface area contributed by atoms with Gasteiger partial charge in [0.1, 0.15) is 17.6 Å². The van der Waals surface area contributed by atoms with Crippen LogP contribution in [0.3, 0.4) is 0 Å². The van der Waals surface area contributed by atoms with Crippen LogP contribution in [-0.4, -0.2) is 40.3 Å². The second kappa shape index (κ2) is 6.46. The van der Waals surface area contributed by atoms with Crippen LogP contribution in [0.4, 0.5) is 0 Å². The average Bonchev–Trinajstić information content (AvgIpc) is 3.24. The fourth-order valence-electron chi connectivity index (χ4n) is 2.79. The highest BCUT2D eigenvalue weighted by molar-refractivity contribution is 6.27. The number of aromatic hydroxyl groups is 2. The molecule has 1 aliphatic carbocycles. The van der Waals surface area contributed by atoms with Crippen molar-refractivity contribution in [3.63, 3.8) is 0 Å². The molecule has 1 saturated heterocycles. The SMILES string of the molecule is CC(C)=CCC(OC1OC1C)C1=CC(=O)c2c(O)ccc(O)c2C1=O. The molecule has 3 unspecified atom stereocenters. The minimum Gasteiger partial charge on any atom is -0.507 e. The lowest BCUT2D eigenvalue weighted by atomic mass is 9.85. The number of hydrogen-bond donors (Lipinski definition) is 2.